The number of aryl methyl sites for hydroxylation is 1. The standard InChI is InChI=1S/C22H19NO2/c1-14-6-8-17-18(11-14)19(16-5-4-10-23-22(16)17)12-15-7-9-20(24-2)21(13-15)25-3/h4-13H,1-3H3/b19-12+. The first-order valence-electron chi connectivity index (χ1n) is 8.22. The second kappa shape index (κ2) is 6.10. The molecule has 1 aliphatic rings. The summed E-state index contributed by atoms with van der Waals surface area (Å²) in [6.45, 7) is 2.12. The van der Waals surface area contributed by atoms with Gasteiger partial charge in [-0.15, -0.1) is 0 Å². The van der Waals surface area contributed by atoms with Crippen molar-refractivity contribution in [3.63, 3.8) is 0 Å². The van der Waals surface area contributed by atoms with Crippen LogP contribution in [-0.2, 0) is 0 Å². The summed E-state index contributed by atoms with van der Waals surface area (Å²) >= 11 is 0. The zero-order valence-corrected chi connectivity index (χ0v) is 14.5. The van der Waals surface area contributed by atoms with E-state index in [4.69, 9.17) is 9.47 Å². The third-order valence-corrected chi connectivity index (χ3v) is 4.54. The quantitative estimate of drug-likeness (QED) is 0.531. The van der Waals surface area contributed by atoms with Crippen molar-refractivity contribution in [1.82, 2.24) is 4.98 Å². The first-order valence-corrected chi connectivity index (χ1v) is 8.22. The largest absolute Gasteiger partial charge is 0.493 e. The molecule has 0 saturated heterocycles. The smallest absolute Gasteiger partial charge is 0.161 e. The number of fused-ring (bicyclic) bond motifs is 3. The monoisotopic (exact) mass is 329 g/mol. The van der Waals surface area contributed by atoms with Gasteiger partial charge < -0.3 is 9.47 Å². The van der Waals surface area contributed by atoms with Crippen LogP contribution in [0.3, 0.4) is 0 Å². The van der Waals surface area contributed by atoms with E-state index in [1.54, 1.807) is 14.2 Å². The van der Waals surface area contributed by atoms with Gasteiger partial charge in [-0.05, 0) is 47.9 Å². The highest BCUT2D eigenvalue weighted by atomic mass is 16.5. The summed E-state index contributed by atoms with van der Waals surface area (Å²) in [5, 5.41) is 0. The maximum Gasteiger partial charge on any atom is 0.161 e. The first kappa shape index (κ1) is 15.5. The van der Waals surface area contributed by atoms with Crippen LogP contribution in [0.1, 0.15) is 22.3 Å². The van der Waals surface area contributed by atoms with Crippen LogP contribution >= 0.6 is 0 Å². The second-order valence-corrected chi connectivity index (χ2v) is 6.12. The summed E-state index contributed by atoms with van der Waals surface area (Å²) in [7, 11) is 3.30. The zero-order valence-electron chi connectivity index (χ0n) is 14.5. The van der Waals surface area contributed by atoms with Crippen molar-refractivity contribution in [3.05, 3.63) is 77.0 Å². The Morgan fingerprint density at radius 2 is 1.68 bits per heavy atom. The summed E-state index contributed by atoms with van der Waals surface area (Å²) in [6, 6.07) is 16.6. The van der Waals surface area contributed by atoms with Crippen LogP contribution in [0.15, 0.2) is 54.7 Å². The molecule has 1 aliphatic carbocycles. The molecule has 4 rings (SSSR count). The number of nitrogens with zero attached hydrogens (tertiary/aromatic N) is 1. The fourth-order valence-electron chi connectivity index (χ4n) is 3.33. The average Bonchev–Trinajstić information content (AvgIpc) is 2.95. The van der Waals surface area contributed by atoms with Crippen molar-refractivity contribution < 1.29 is 9.47 Å². The molecule has 0 saturated carbocycles. The minimum absolute atomic E-state index is 0.728. The molecule has 0 aliphatic heterocycles. The number of hydrogen-bond donors (Lipinski definition) is 0. The van der Waals surface area contributed by atoms with Gasteiger partial charge in [0.2, 0.25) is 0 Å². The molecule has 25 heavy (non-hydrogen) atoms. The van der Waals surface area contributed by atoms with E-state index in [-0.39, 0.29) is 0 Å². The lowest BCUT2D eigenvalue weighted by Crippen LogP contribution is -1.91. The predicted molar refractivity (Wildman–Crippen MR) is 101 cm³/mol. The molecular formula is C22H19NO2. The minimum Gasteiger partial charge on any atom is -0.493 e. The number of ether oxygens (including phenoxy) is 2. The van der Waals surface area contributed by atoms with Crippen molar-refractivity contribution in [2.75, 3.05) is 14.2 Å². The van der Waals surface area contributed by atoms with Gasteiger partial charge in [-0.1, -0.05) is 35.9 Å². The Hall–Kier alpha value is -3.07. The van der Waals surface area contributed by atoms with Crippen molar-refractivity contribution in [2.24, 2.45) is 0 Å². The minimum atomic E-state index is 0.728. The molecule has 0 fully saturated rings. The van der Waals surface area contributed by atoms with Gasteiger partial charge in [0.15, 0.2) is 11.5 Å². The summed E-state index contributed by atoms with van der Waals surface area (Å²) in [4.78, 5) is 4.60. The molecule has 3 aromatic rings. The third-order valence-electron chi connectivity index (χ3n) is 4.54. The number of rotatable bonds is 3. The molecule has 1 aromatic heterocycles. The summed E-state index contributed by atoms with van der Waals surface area (Å²) in [5.74, 6) is 1.46. The summed E-state index contributed by atoms with van der Waals surface area (Å²) in [6.07, 6.45) is 4.04. The number of methoxy groups -OCH3 is 2. The van der Waals surface area contributed by atoms with E-state index in [0.29, 0.717) is 0 Å². The number of hydrogen-bond acceptors (Lipinski definition) is 3. The van der Waals surface area contributed by atoms with Crippen molar-refractivity contribution in [3.8, 4) is 22.8 Å². The van der Waals surface area contributed by atoms with Crippen LogP contribution in [0.2, 0.25) is 0 Å². The van der Waals surface area contributed by atoms with Crippen LogP contribution in [0.5, 0.6) is 11.5 Å². The SMILES string of the molecule is COc1ccc(/C=C2/c3cc(C)ccc3-c3ncccc32)cc1OC. The molecule has 0 N–H and O–H groups in total. The number of pyridine rings is 1. The molecule has 0 radical (unpaired) electrons. The Balaban J connectivity index is 1.90. The normalized spacial score (nSPS) is 13.5. The van der Waals surface area contributed by atoms with Crippen LogP contribution in [-0.4, -0.2) is 19.2 Å². The Labute approximate surface area is 147 Å². The van der Waals surface area contributed by atoms with Gasteiger partial charge in [0.1, 0.15) is 0 Å². The topological polar surface area (TPSA) is 31.4 Å². The highest BCUT2D eigenvalue weighted by Gasteiger charge is 2.24. The number of benzene rings is 2. The van der Waals surface area contributed by atoms with Gasteiger partial charge >= 0.3 is 0 Å². The van der Waals surface area contributed by atoms with Gasteiger partial charge in [0.05, 0.1) is 19.9 Å². The molecular weight excluding hydrogens is 310 g/mol. The van der Waals surface area contributed by atoms with E-state index in [0.717, 1.165) is 28.3 Å². The molecule has 3 heteroatoms. The van der Waals surface area contributed by atoms with Gasteiger partial charge in [0, 0.05) is 17.3 Å². The van der Waals surface area contributed by atoms with Crippen LogP contribution in [0, 0.1) is 6.92 Å². The van der Waals surface area contributed by atoms with E-state index >= 15 is 0 Å². The molecule has 1 heterocycles. The average molecular weight is 329 g/mol. The molecule has 2 aromatic carbocycles. The van der Waals surface area contributed by atoms with Crippen LogP contribution in [0.25, 0.3) is 22.9 Å². The molecule has 0 unspecified atom stereocenters. The van der Waals surface area contributed by atoms with Crippen LogP contribution < -0.4 is 9.47 Å². The maximum atomic E-state index is 5.43. The Morgan fingerprint density at radius 3 is 2.48 bits per heavy atom. The first-order chi connectivity index (χ1) is 12.2. The maximum absolute atomic E-state index is 5.43. The Kier molecular flexibility index (Phi) is 3.77. The highest BCUT2D eigenvalue weighted by Crippen LogP contribution is 2.44. The fourth-order valence-corrected chi connectivity index (χ4v) is 3.33. The van der Waals surface area contributed by atoms with E-state index in [9.17, 15) is 0 Å². The van der Waals surface area contributed by atoms with Gasteiger partial charge in [-0.3, -0.25) is 4.98 Å². The van der Waals surface area contributed by atoms with Crippen molar-refractivity contribution in [1.29, 1.82) is 0 Å². The van der Waals surface area contributed by atoms with E-state index in [1.165, 1.54) is 22.3 Å². The summed E-state index contributed by atoms with van der Waals surface area (Å²) in [5.41, 5.74) is 8.12. The van der Waals surface area contributed by atoms with Gasteiger partial charge in [-0.25, -0.2) is 0 Å². The van der Waals surface area contributed by atoms with E-state index in [1.807, 2.05) is 30.5 Å². The Morgan fingerprint density at radius 1 is 0.840 bits per heavy atom. The molecule has 0 bridgehead atoms. The van der Waals surface area contributed by atoms with E-state index in [2.05, 4.69) is 42.2 Å². The molecule has 0 spiro atoms. The highest BCUT2D eigenvalue weighted by molar-refractivity contribution is 6.05. The summed E-state index contributed by atoms with van der Waals surface area (Å²) < 4.78 is 10.8. The zero-order chi connectivity index (χ0) is 17.4. The molecule has 124 valence electrons. The molecule has 3 nitrogen and oxygen atoms in total. The number of aromatic nitrogens is 1. The Bertz CT molecular complexity index is 989. The molecule has 0 amide bonds. The lowest BCUT2D eigenvalue weighted by atomic mass is 10.00. The lowest BCUT2D eigenvalue weighted by Gasteiger charge is -2.09. The van der Waals surface area contributed by atoms with Crippen molar-refractivity contribution >= 4 is 11.6 Å². The predicted octanol–water partition coefficient (Wildman–Crippen LogP) is 4.98. The fraction of sp³-hybridized carbons (Fsp3) is 0.136. The third kappa shape index (κ3) is 2.58. The van der Waals surface area contributed by atoms with Crippen molar-refractivity contribution in [2.45, 2.75) is 6.92 Å². The van der Waals surface area contributed by atoms with Crippen LogP contribution in [0.4, 0.5) is 0 Å². The second-order valence-electron chi connectivity index (χ2n) is 6.12. The lowest BCUT2D eigenvalue weighted by molar-refractivity contribution is 0.355. The molecule has 0 atom stereocenters. The van der Waals surface area contributed by atoms with Gasteiger partial charge in [0.25, 0.3) is 0 Å². The van der Waals surface area contributed by atoms with Gasteiger partial charge in [-0.2, -0.15) is 0 Å². The van der Waals surface area contributed by atoms with E-state index < -0.39 is 0 Å².